The first kappa shape index (κ1) is 22.2. The van der Waals surface area contributed by atoms with Crippen LogP contribution >= 0.6 is 0 Å². The molecule has 1 amide bonds. The van der Waals surface area contributed by atoms with Crippen molar-refractivity contribution in [2.24, 2.45) is 5.92 Å². The van der Waals surface area contributed by atoms with Crippen LogP contribution in [0.2, 0.25) is 0 Å². The molecule has 0 aliphatic carbocycles. The minimum absolute atomic E-state index is 0.000336. The second kappa shape index (κ2) is 11.0. The molecule has 2 aliphatic heterocycles. The van der Waals surface area contributed by atoms with Gasteiger partial charge in [0, 0.05) is 31.8 Å². The molecule has 1 saturated heterocycles. The molecule has 1 fully saturated rings. The smallest absolute Gasteiger partial charge is 0.255 e. The summed E-state index contributed by atoms with van der Waals surface area (Å²) in [5.41, 5.74) is 0.416. The molecule has 1 unspecified atom stereocenters. The van der Waals surface area contributed by atoms with E-state index in [1.807, 2.05) is 6.92 Å². The van der Waals surface area contributed by atoms with Crippen LogP contribution in [0.15, 0.2) is 12.1 Å². The third kappa shape index (κ3) is 5.55. The molecular weight excluding hydrogens is 386 g/mol. The summed E-state index contributed by atoms with van der Waals surface area (Å²) in [6, 6.07) is 5.58. The topological polar surface area (TPSA) is 104 Å². The zero-order chi connectivity index (χ0) is 21.3. The minimum Gasteiger partial charge on any atom is -0.490 e. The van der Waals surface area contributed by atoms with Gasteiger partial charge in [0.25, 0.3) is 5.91 Å². The fourth-order valence-corrected chi connectivity index (χ4v) is 3.87. The number of hydrogen-bond donors (Lipinski definition) is 2. The Morgan fingerprint density at radius 2 is 2.17 bits per heavy atom. The monoisotopic (exact) mass is 417 g/mol. The van der Waals surface area contributed by atoms with Crippen molar-refractivity contribution < 1.29 is 24.1 Å². The van der Waals surface area contributed by atoms with E-state index in [0.29, 0.717) is 62.1 Å². The van der Waals surface area contributed by atoms with Crippen molar-refractivity contribution in [1.82, 2.24) is 10.2 Å². The van der Waals surface area contributed by atoms with Gasteiger partial charge in [-0.25, -0.2) is 0 Å². The van der Waals surface area contributed by atoms with Gasteiger partial charge in [0.15, 0.2) is 11.5 Å². The summed E-state index contributed by atoms with van der Waals surface area (Å²) in [5.74, 6) is 1.23. The van der Waals surface area contributed by atoms with E-state index in [9.17, 15) is 9.90 Å². The molecule has 164 valence electrons. The van der Waals surface area contributed by atoms with Gasteiger partial charge in [0.05, 0.1) is 37.6 Å². The maximum atomic E-state index is 12.9. The number of nitrogens with one attached hydrogen (secondary N) is 1. The highest BCUT2D eigenvalue weighted by Gasteiger charge is 2.29. The number of unbranched alkanes of at least 4 members (excludes halogenated alkanes) is 1. The van der Waals surface area contributed by atoms with Gasteiger partial charge in [-0.2, -0.15) is 5.26 Å². The Hall–Kier alpha value is -2.50. The number of likely N-dealkylation sites (tertiary alicyclic amines) is 1. The van der Waals surface area contributed by atoms with Gasteiger partial charge >= 0.3 is 0 Å². The van der Waals surface area contributed by atoms with Crippen molar-refractivity contribution in [2.75, 3.05) is 46.0 Å². The molecule has 8 heteroatoms. The maximum Gasteiger partial charge on any atom is 0.255 e. The largest absolute Gasteiger partial charge is 0.490 e. The van der Waals surface area contributed by atoms with Crippen LogP contribution in [0.1, 0.15) is 43.0 Å². The van der Waals surface area contributed by atoms with Crippen LogP contribution in [0, 0.1) is 17.2 Å². The summed E-state index contributed by atoms with van der Waals surface area (Å²) in [4.78, 5) is 15.1. The standard InChI is InChI=1S/C22H31N3O5/c1-2-28-19-7-6-17(20-21(19)30-13-5-12-29-20)22(27)24-14-16-8-11-25(15-18(16)26)10-4-3-9-23/h6-7,16,18,26H,2-5,8,10-15H2,1H3,(H,24,27)/t16-,18?/m0/s1. The van der Waals surface area contributed by atoms with Gasteiger partial charge in [0.2, 0.25) is 5.75 Å². The minimum atomic E-state index is -0.502. The number of ether oxygens (including phenoxy) is 3. The van der Waals surface area contributed by atoms with Gasteiger partial charge in [-0.15, -0.1) is 0 Å². The van der Waals surface area contributed by atoms with Crippen LogP contribution in [-0.4, -0.2) is 68.0 Å². The van der Waals surface area contributed by atoms with Crippen LogP contribution in [0.3, 0.4) is 0 Å². The molecule has 0 aromatic heterocycles. The van der Waals surface area contributed by atoms with E-state index >= 15 is 0 Å². The Balaban J connectivity index is 1.59. The fraction of sp³-hybridized carbons (Fsp3) is 0.636. The number of fused-ring (bicyclic) bond motifs is 1. The van der Waals surface area contributed by atoms with E-state index in [2.05, 4.69) is 16.3 Å². The summed E-state index contributed by atoms with van der Waals surface area (Å²) in [6.45, 7) is 6.02. The average Bonchev–Trinajstić information content (AvgIpc) is 3.00. The molecule has 0 radical (unpaired) electrons. The third-order valence-corrected chi connectivity index (χ3v) is 5.50. The third-order valence-electron chi connectivity index (χ3n) is 5.50. The number of carbonyl (C=O) groups is 1. The molecule has 2 heterocycles. The number of hydrogen-bond acceptors (Lipinski definition) is 7. The molecule has 30 heavy (non-hydrogen) atoms. The van der Waals surface area contributed by atoms with Crippen molar-refractivity contribution >= 4 is 5.91 Å². The summed E-state index contributed by atoms with van der Waals surface area (Å²) < 4.78 is 17.2. The van der Waals surface area contributed by atoms with E-state index in [1.165, 1.54) is 0 Å². The Kier molecular flexibility index (Phi) is 8.17. The van der Waals surface area contributed by atoms with E-state index in [1.54, 1.807) is 12.1 Å². The first-order chi connectivity index (χ1) is 14.6. The van der Waals surface area contributed by atoms with E-state index < -0.39 is 6.10 Å². The molecular formula is C22H31N3O5. The Morgan fingerprint density at radius 1 is 1.37 bits per heavy atom. The lowest BCUT2D eigenvalue weighted by molar-refractivity contribution is 0.0219. The fourth-order valence-electron chi connectivity index (χ4n) is 3.87. The Labute approximate surface area is 177 Å². The lowest BCUT2D eigenvalue weighted by Crippen LogP contribution is -2.47. The van der Waals surface area contributed by atoms with Crippen LogP contribution in [-0.2, 0) is 0 Å². The van der Waals surface area contributed by atoms with Crippen LogP contribution in [0.5, 0.6) is 17.2 Å². The summed E-state index contributed by atoms with van der Waals surface area (Å²) >= 11 is 0. The number of β-amino-alcohol motifs (C(OH)–C–C–N with tert-alkyl or cyclic N) is 1. The number of nitrogens with zero attached hydrogens (tertiary/aromatic N) is 2. The number of amides is 1. The lowest BCUT2D eigenvalue weighted by atomic mass is 9.93. The molecule has 0 bridgehead atoms. The molecule has 8 nitrogen and oxygen atoms in total. The first-order valence-electron chi connectivity index (χ1n) is 10.7. The molecule has 0 spiro atoms. The number of aliphatic hydroxyl groups excluding tert-OH is 1. The molecule has 3 rings (SSSR count). The number of piperidine rings is 1. The highest BCUT2D eigenvalue weighted by atomic mass is 16.5. The van der Waals surface area contributed by atoms with E-state index in [4.69, 9.17) is 19.5 Å². The van der Waals surface area contributed by atoms with Crippen LogP contribution in [0.4, 0.5) is 0 Å². The molecule has 1 aromatic rings. The molecule has 1 aromatic carbocycles. The maximum absolute atomic E-state index is 12.9. The van der Waals surface area contributed by atoms with E-state index in [-0.39, 0.29) is 11.8 Å². The zero-order valence-electron chi connectivity index (χ0n) is 17.6. The summed E-state index contributed by atoms with van der Waals surface area (Å²) in [5, 5.41) is 22.1. The second-order valence-corrected chi connectivity index (χ2v) is 7.64. The highest BCUT2D eigenvalue weighted by molar-refractivity contribution is 5.98. The highest BCUT2D eigenvalue weighted by Crippen LogP contribution is 2.41. The summed E-state index contributed by atoms with van der Waals surface area (Å²) in [6.07, 6.45) is 2.38. The molecule has 2 N–H and O–H groups in total. The van der Waals surface area contributed by atoms with Gasteiger partial charge in [-0.05, 0) is 45.0 Å². The number of carbonyl (C=O) groups excluding carboxylic acids is 1. The van der Waals surface area contributed by atoms with Gasteiger partial charge < -0.3 is 29.5 Å². The average molecular weight is 418 g/mol. The van der Waals surface area contributed by atoms with Gasteiger partial charge in [-0.1, -0.05) is 0 Å². The van der Waals surface area contributed by atoms with Crippen molar-refractivity contribution in [2.45, 2.75) is 38.7 Å². The van der Waals surface area contributed by atoms with Gasteiger partial charge in [-0.3, -0.25) is 4.79 Å². The summed E-state index contributed by atoms with van der Waals surface area (Å²) in [7, 11) is 0. The SMILES string of the molecule is CCOc1ccc(C(=O)NC[C@@H]2CCN(CCCC#N)CC2O)c2c1OCCCO2. The van der Waals surface area contributed by atoms with Crippen molar-refractivity contribution in [3.63, 3.8) is 0 Å². The zero-order valence-corrected chi connectivity index (χ0v) is 17.6. The van der Waals surface area contributed by atoms with Crippen LogP contribution < -0.4 is 19.5 Å². The quantitative estimate of drug-likeness (QED) is 0.623. The Bertz CT molecular complexity index is 764. The second-order valence-electron chi connectivity index (χ2n) is 7.64. The predicted molar refractivity (Wildman–Crippen MR) is 111 cm³/mol. The van der Waals surface area contributed by atoms with E-state index in [0.717, 1.165) is 32.4 Å². The normalized spacial score (nSPS) is 21.4. The number of rotatable bonds is 8. The molecule has 2 atom stereocenters. The molecule has 0 saturated carbocycles. The number of benzene rings is 1. The van der Waals surface area contributed by atoms with Gasteiger partial charge in [0.1, 0.15) is 0 Å². The number of nitriles is 1. The van der Waals surface area contributed by atoms with Crippen molar-refractivity contribution in [1.29, 1.82) is 5.26 Å². The predicted octanol–water partition coefficient (Wildman–Crippen LogP) is 1.96. The van der Waals surface area contributed by atoms with Crippen molar-refractivity contribution in [3.8, 4) is 23.3 Å². The lowest BCUT2D eigenvalue weighted by Gasteiger charge is -2.36. The number of aliphatic hydroxyl groups is 1. The molecule has 2 aliphatic rings. The van der Waals surface area contributed by atoms with Crippen molar-refractivity contribution in [3.05, 3.63) is 17.7 Å². The first-order valence-corrected chi connectivity index (χ1v) is 10.7. The van der Waals surface area contributed by atoms with Crippen LogP contribution in [0.25, 0.3) is 0 Å². The Morgan fingerprint density at radius 3 is 2.90 bits per heavy atom.